The molecule has 128 valence electrons. The molecule has 1 aromatic heterocycles. The van der Waals surface area contributed by atoms with E-state index < -0.39 is 12.1 Å². The lowest BCUT2D eigenvalue weighted by Crippen LogP contribution is -2.35. The first-order chi connectivity index (χ1) is 11.3. The number of nitrogens with zero attached hydrogens (tertiary/aromatic N) is 1. The number of likely N-dealkylation sites (N-methyl/N-ethyl adjacent to an activating group) is 1. The van der Waals surface area contributed by atoms with Crippen LogP contribution >= 0.6 is 23.2 Å². The van der Waals surface area contributed by atoms with E-state index in [4.69, 9.17) is 27.6 Å². The zero-order chi connectivity index (χ0) is 17.6. The maximum atomic E-state index is 12.8. The van der Waals surface area contributed by atoms with Crippen molar-refractivity contribution in [1.82, 2.24) is 4.90 Å². The number of hydrogen-bond acceptors (Lipinski definition) is 3. The Balaban J connectivity index is 1.95. The van der Waals surface area contributed by atoms with Crippen molar-refractivity contribution in [1.29, 1.82) is 0 Å². The summed E-state index contributed by atoms with van der Waals surface area (Å²) in [6.07, 6.45) is 0.389. The predicted molar refractivity (Wildman–Crippen MR) is 93.8 cm³/mol. The normalized spacial score (nSPS) is 19.4. The van der Waals surface area contributed by atoms with Crippen molar-refractivity contribution in [3.8, 4) is 0 Å². The van der Waals surface area contributed by atoms with Gasteiger partial charge in [-0.25, -0.2) is 0 Å². The molecule has 1 aliphatic carbocycles. The minimum atomic E-state index is -0.730. The van der Waals surface area contributed by atoms with Crippen LogP contribution in [0, 0.1) is 6.92 Å². The standard InChI is InChI=1S/C18H19Cl2NO3/c1-4-15-9(2)5-16(24-15)18(23)21(3)17-12-6-10(19)7-13(20)11(12)8-14(17)22/h5-7,14,17,22H,4,8H2,1-3H3/t14-,17-/m1/s1. The Kier molecular flexibility index (Phi) is 4.65. The zero-order valence-corrected chi connectivity index (χ0v) is 15.3. The summed E-state index contributed by atoms with van der Waals surface area (Å²) in [5.74, 6) is 0.802. The van der Waals surface area contributed by atoms with Crippen LogP contribution < -0.4 is 0 Å². The minimum absolute atomic E-state index is 0.272. The van der Waals surface area contributed by atoms with Gasteiger partial charge in [0.25, 0.3) is 5.91 Å². The van der Waals surface area contributed by atoms with Gasteiger partial charge in [-0.05, 0) is 41.8 Å². The van der Waals surface area contributed by atoms with Gasteiger partial charge in [0.15, 0.2) is 5.76 Å². The summed E-state index contributed by atoms with van der Waals surface area (Å²) in [5, 5.41) is 11.5. The minimum Gasteiger partial charge on any atom is -0.456 e. The fourth-order valence-corrected chi connectivity index (χ4v) is 3.96. The first-order valence-electron chi connectivity index (χ1n) is 7.85. The Morgan fingerprint density at radius 1 is 1.38 bits per heavy atom. The van der Waals surface area contributed by atoms with E-state index in [0.717, 1.165) is 28.9 Å². The quantitative estimate of drug-likeness (QED) is 0.884. The Morgan fingerprint density at radius 3 is 2.71 bits per heavy atom. The molecule has 0 aliphatic heterocycles. The molecule has 1 aliphatic rings. The molecule has 0 bridgehead atoms. The molecule has 6 heteroatoms. The van der Waals surface area contributed by atoms with Crippen molar-refractivity contribution in [2.45, 2.75) is 38.8 Å². The molecule has 0 saturated heterocycles. The molecule has 1 amide bonds. The fourth-order valence-electron chi connectivity index (χ4n) is 3.37. The number of aliphatic hydroxyl groups excluding tert-OH is 1. The first-order valence-corrected chi connectivity index (χ1v) is 8.61. The highest BCUT2D eigenvalue weighted by molar-refractivity contribution is 6.35. The second-order valence-electron chi connectivity index (χ2n) is 6.16. The van der Waals surface area contributed by atoms with E-state index in [0.29, 0.717) is 16.5 Å². The molecule has 4 nitrogen and oxygen atoms in total. The van der Waals surface area contributed by atoms with E-state index >= 15 is 0 Å². The highest BCUT2D eigenvalue weighted by atomic mass is 35.5. The number of hydrogen-bond donors (Lipinski definition) is 1. The van der Waals surface area contributed by atoms with Gasteiger partial charge in [-0.1, -0.05) is 30.1 Å². The molecule has 0 fully saturated rings. The molecular formula is C18H19Cl2NO3. The summed E-state index contributed by atoms with van der Waals surface area (Å²) in [7, 11) is 1.66. The largest absolute Gasteiger partial charge is 0.456 e. The average molecular weight is 368 g/mol. The van der Waals surface area contributed by atoms with Crippen LogP contribution in [0.15, 0.2) is 22.6 Å². The topological polar surface area (TPSA) is 53.7 Å². The molecule has 24 heavy (non-hydrogen) atoms. The highest BCUT2D eigenvalue weighted by Crippen LogP contribution is 2.41. The van der Waals surface area contributed by atoms with Gasteiger partial charge < -0.3 is 14.4 Å². The van der Waals surface area contributed by atoms with Gasteiger partial charge in [0.1, 0.15) is 5.76 Å². The van der Waals surface area contributed by atoms with Crippen molar-refractivity contribution in [2.24, 2.45) is 0 Å². The van der Waals surface area contributed by atoms with Crippen LogP contribution in [-0.2, 0) is 12.8 Å². The molecule has 1 N–H and O–H groups in total. The molecule has 2 atom stereocenters. The smallest absolute Gasteiger partial charge is 0.289 e. The lowest BCUT2D eigenvalue weighted by molar-refractivity contribution is 0.0470. The Labute approximate surface area is 151 Å². The number of carbonyl (C=O) groups excluding carboxylic acids is 1. The SMILES string of the molecule is CCc1oc(C(=O)N(C)[C@@H]2c3cc(Cl)cc(Cl)c3C[C@H]2O)cc1C. The molecule has 0 unspecified atom stereocenters. The van der Waals surface area contributed by atoms with Crippen molar-refractivity contribution in [2.75, 3.05) is 7.05 Å². The third-order valence-corrected chi connectivity index (χ3v) is 5.14. The molecule has 2 aromatic rings. The second-order valence-corrected chi connectivity index (χ2v) is 7.00. The molecule has 3 rings (SSSR count). The third kappa shape index (κ3) is 2.83. The van der Waals surface area contributed by atoms with Crippen molar-refractivity contribution in [3.63, 3.8) is 0 Å². The fraction of sp³-hybridized carbons (Fsp3) is 0.389. The first kappa shape index (κ1) is 17.3. The number of benzene rings is 1. The van der Waals surface area contributed by atoms with Crippen molar-refractivity contribution < 1.29 is 14.3 Å². The molecule has 1 aromatic carbocycles. The maximum Gasteiger partial charge on any atom is 0.289 e. The van der Waals surface area contributed by atoms with E-state index in [-0.39, 0.29) is 11.7 Å². The number of rotatable bonds is 3. The summed E-state index contributed by atoms with van der Waals surface area (Å²) in [4.78, 5) is 14.3. The molecule has 0 radical (unpaired) electrons. The maximum absolute atomic E-state index is 12.8. The van der Waals surface area contributed by atoms with E-state index in [1.807, 2.05) is 13.8 Å². The Morgan fingerprint density at radius 2 is 2.08 bits per heavy atom. The van der Waals surface area contributed by atoms with Gasteiger partial charge >= 0.3 is 0 Å². The number of furan rings is 1. The van der Waals surface area contributed by atoms with Crippen LogP contribution in [0.25, 0.3) is 0 Å². The number of aliphatic hydroxyl groups is 1. The molecule has 1 heterocycles. The van der Waals surface area contributed by atoms with E-state index in [1.165, 1.54) is 4.90 Å². The van der Waals surface area contributed by atoms with Gasteiger partial charge in [0.2, 0.25) is 0 Å². The lowest BCUT2D eigenvalue weighted by atomic mass is 10.1. The number of aryl methyl sites for hydroxylation is 2. The van der Waals surface area contributed by atoms with Crippen molar-refractivity contribution in [3.05, 3.63) is 56.5 Å². The molecule has 0 saturated carbocycles. The van der Waals surface area contributed by atoms with Gasteiger partial charge in [-0.15, -0.1) is 0 Å². The summed E-state index contributed by atoms with van der Waals surface area (Å²) in [6.45, 7) is 3.89. The van der Waals surface area contributed by atoms with Crippen LogP contribution in [0.5, 0.6) is 0 Å². The monoisotopic (exact) mass is 367 g/mol. The Hall–Kier alpha value is -1.49. The third-order valence-electron chi connectivity index (χ3n) is 4.58. The zero-order valence-electron chi connectivity index (χ0n) is 13.8. The van der Waals surface area contributed by atoms with Gasteiger partial charge in [0.05, 0.1) is 12.1 Å². The number of fused-ring (bicyclic) bond motifs is 1. The van der Waals surface area contributed by atoms with Crippen LogP contribution in [-0.4, -0.2) is 29.1 Å². The molecular weight excluding hydrogens is 349 g/mol. The summed E-state index contributed by atoms with van der Waals surface area (Å²) in [5.41, 5.74) is 2.57. The van der Waals surface area contributed by atoms with E-state index in [2.05, 4.69) is 0 Å². The van der Waals surface area contributed by atoms with E-state index in [1.54, 1.807) is 25.2 Å². The predicted octanol–water partition coefficient (Wildman–Crippen LogP) is 4.19. The summed E-state index contributed by atoms with van der Waals surface area (Å²) in [6, 6.07) is 4.66. The number of halogens is 2. The lowest BCUT2D eigenvalue weighted by Gasteiger charge is -2.27. The van der Waals surface area contributed by atoms with Crippen LogP contribution in [0.1, 0.15) is 46.0 Å². The van der Waals surface area contributed by atoms with Gasteiger partial charge in [0, 0.05) is 29.9 Å². The van der Waals surface area contributed by atoms with Crippen LogP contribution in [0.4, 0.5) is 0 Å². The molecule has 0 spiro atoms. The summed E-state index contributed by atoms with van der Waals surface area (Å²) < 4.78 is 5.65. The number of amides is 1. The van der Waals surface area contributed by atoms with Crippen LogP contribution in [0.3, 0.4) is 0 Å². The highest BCUT2D eigenvalue weighted by Gasteiger charge is 2.38. The van der Waals surface area contributed by atoms with Gasteiger partial charge in [-0.3, -0.25) is 4.79 Å². The average Bonchev–Trinajstić information content (AvgIpc) is 3.05. The van der Waals surface area contributed by atoms with E-state index in [9.17, 15) is 9.90 Å². The second kappa shape index (κ2) is 6.43. The number of carbonyl (C=O) groups is 1. The van der Waals surface area contributed by atoms with Gasteiger partial charge in [-0.2, -0.15) is 0 Å². The Bertz CT molecular complexity index is 800. The van der Waals surface area contributed by atoms with Crippen LogP contribution in [0.2, 0.25) is 10.0 Å². The van der Waals surface area contributed by atoms with Crippen molar-refractivity contribution >= 4 is 29.1 Å². The summed E-state index contributed by atoms with van der Waals surface area (Å²) >= 11 is 12.3.